The number of hydrogen-bond acceptors (Lipinski definition) is 4. The Morgan fingerprint density at radius 1 is 1.08 bits per heavy atom. The summed E-state index contributed by atoms with van der Waals surface area (Å²) in [6.07, 6.45) is -1.79. The zero-order valence-corrected chi connectivity index (χ0v) is 14.5. The molecule has 0 radical (unpaired) electrons. The molecule has 0 fully saturated rings. The number of anilines is 1. The summed E-state index contributed by atoms with van der Waals surface area (Å²) in [5.74, 6) is -0.662. The minimum absolute atomic E-state index is 0.194. The van der Waals surface area contributed by atoms with Crippen LogP contribution in [0.5, 0.6) is 0 Å². The average molecular weight is 339 g/mol. The summed E-state index contributed by atoms with van der Waals surface area (Å²) in [4.78, 5) is 26.1. The van der Waals surface area contributed by atoms with Gasteiger partial charge in [-0.25, -0.2) is 0 Å². The van der Waals surface area contributed by atoms with Crippen LogP contribution in [0.15, 0.2) is 48.5 Å². The summed E-state index contributed by atoms with van der Waals surface area (Å²) in [5.41, 5.74) is 2.89. The van der Waals surface area contributed by atoms with Crippen molar-refractivity contribution in [3.63, 3.8) is 0 Å². The van der Waals surface area contributed by atoms with Crippen LogP contribution in [-0.2, 0) is 9.53 Å². The summed E-state index contributed by atoms with van der Waals surface area (Å²) in [6, 6.07) is 14.0. The van der Waals surface area contributed by atoms with E-state index in [0.29, 0.717) is 16.8 Å². The Balaban J connectivity index is 2.05. The standard InChI is InChI=1S/C20H21NO4/c1-12-8-10-15(11-9-12)20(24)21-13(2)18(23)19(25-14(3)22)16-6-4-5-7-17(16)21/h4-11,13,18-19,23H,1-3H3/t13-,18-,19+/m0/s1. The van der Waals surface area contributed by atoms with E-state index in [2.05, 4.69) is 0 Å². The van der Waals surface area contributed by atoms with Gasteiger partial charge < -0.3 is 14.7 Å². The molecule has 1 N–H and O–H groups in total. The van der Waals surface area contributed by atoms with Gasteiger partial charge in [-0.05, 0) is 32.0 Å². The molecule has 25 heavy (non-hydrogen) atoms. The fourth-order valence-electron chi connectivity index (χ4n) is 3.20. The maximum Gasteiger partial charge on any atom is 0.303 e. The maximum atomic E-state index is 13.1. The number of amides is 1. The molecule has 0 saturated heterocycles. The second-order valence-corrected chi connectivity index (χ2v) is 6.36. The van der Waals surface area contributed by atoms with Crippen LogP contribution in [0.25, 0.3) is 0 Å². The van der Waals surface area contributed by atoms with Crippen molar-refractivity contribution in [1.29, 1.82) is 0 Å². The van der Waals surface area contributed by atoms with Crippen LogP contribution < -0.4 is 4.90 Å². The number of carbonyl (C=O) groups is 2. The van der Waals surface area contributed by atoms with E-state index in [1.54, 1.807) is 42.2 Å². The first-order chi connectivity index (χ1) is 11.9. The molecule has 5 heteroatoms. The highest BCUT2D eigenvalue weighted by Gasteiger charge is 2.42. The van der Waals surface area contributed by atoms with E-state index in [1.807, 2.05) is 25.1 Å². The molecule has 5 nitrogen and oxygen atoms in total. The van der Waals surface area contributed by atoms with E-state index in [4.69, 9.17) is 4.74 Å². The number of hydrogen-bond donors (Lipinski definition) is 1. The highest BCUT2D eigenvalue weighted by molar-refractivity contribution is 6.07. The fourth-order valence-corrected chi connectivity index (χ4v) is 3.20. The number of rotatable bonds is 2. The van der Waals surface area contributed by atoms with E-state index >= 15 is 0 Å². The number of para-hydroxylation sites is 1. The Morgan fingerprint density at radius 3 is 2.36 bits per heavy atom. The van der Waals surface area contributed by atoms with Crippen LogP contribution in [-0.4, -0.2) is 29.1 Å². The Hall–Kier alpha value is -2.66. The molecule has 0 aliphatic carbocycles. The number of nitrogens with zero attached hydrogens (tertiary/aromatic N) is 1. The minimum Gasteiger partial charge on any atom is -0.455 e. The number of benzene rings is 2. The number of ether oxygens (including phenoxy) is 1. The van der Waals surface area contributed by atoms with Gasteiger partial charge in [-0.1, -0.05) is 35.9 Å². The number of aryl methyl sites for hydroxylation is 1. The number of aliphatic hydroxyl groups excluding tert-OH is 1. The molecule has 1 heterocycles. The second-order valence-electron chi connectivity index (χ2n) is 6.36. The normalized spacial score (nSPS) is 22.2. The van der Waals surface area contributed by atoms with Crippen molar-refractivity contribution >= 4 is 17.6 Å². The van der Waals surface area contributed by atoms with Gasteiger partial charge in [0.2, 0.25) is 0 Å². The molecule has 1 aliphatic heterocycles. The van der Waals surface area contributed by atoms with E-state index in [1.165, 1.54) is 6.92 Å². The lowest BCUT2D eigenvalue weighted by atomic mass is 9.90. The number of esters is 1. The van der Waals surface area contributed by atoms with Crippen LogP contribution >= 0.6 is 0 Å². The summed E-state index contributed by atoms with van der Waals surface area (Å²) < 4.78 is 5.32. The molecular formula is C20H21NO4. The van der Waals surface area contributed by atoms with Gasteiger partial charge in [-0.3, -0.25) is 9.59 Å². The summed E-state index contributed by atoms with van der Waals surface area (Å²) in [7, 11) is 0. The van der Waals surface area contributed by atoms with Crippen molar-refractivity contribution in [3.8, 4) is 0 Å². The molecule has 2 aromatic rings. The first-order valence-electron chi connectivity index (χ1n) is 8.24. The van der Waals surface area contributed by atoms with Gasteiger partial charge in [0.25, 0.3) is 5.91 Å². The highest BCUT2D eigenvalue weighted by Crippen LogP contribution is 2.40. The van der Waals surface area contributed by atoms with Gasteiger partial charge in [-0.2, -0.15) is 0 Å². The van der Waals surface area contributed by atoms with Crippen molar-refractivity contribution in [2.75, 3.05) is 4.90 Å². The lowest BCUT2D eigenvalue weighted by molar-refractivity contribution is -0.154. The van der Waals surface area contributed by atoms with Gasteiger partial charge in [0, 0.05) is 18.1 Å². The van der Waals surface area contributed by atoms with Crippen LogP contribution in [0, 0.1) is 6.92 Å². The summed E-state index contributed by atoms with van der Waals surface area (Å²) in [6.45, 7) is 5.02. The van der Waals surface area contributed by atoms with E-state index in [-0.39, 0.29) is 5.91 Å². The van der Waals surface area contributed by atoms with Gasteiger partial charge in [0.15, 0.2) is 6.10 Å². The Bertz CT molecular complexity index is 800. The minimum atomic E-state index is -1.01. The molecule has 1 aliphatic rings. The molecule has 1 amide bonds. The van der Waals surface area contributed by atoms with Crippen LogP contribution in [0.2, 0.25) is 0 Å². The maximum absolute atomic E-state index is 13.1. The predicted octanol–water partition coefficient (Wildman–Crippen LogP) is 3.01. The topological polar surface area (TPSA) is 66.8 Å². The van der Waals surface area contributed by atoms with Crippen LogP contribution in [0.1, 0.15) is 41.4 Å². The third kappa shape index (κ3) is 3.15. The third-order valence-electron chi connectivity index (χ3n) is 4.52. The summed E-state index contributed by atoms with van der Waals surface area (Å²) >= 11 is 0. The number of aliphatic hydroxyl groups is 1. The van der Waals surface area contributed by atoms with Gasteiger partial charge in [0.1, 0.15) is 6.10 Å². The molecule has 0 unspecified atom stereocenters. The van der Waals surface area contributed by atoms with Gasteiger partial charge >= 0.3 is 5.97 Å². The van der Waals surface area contributed by atoms with Crippen molar-refractivity contribution in [1.82, 2.24) is 0 Å². The zero-order chi connectivity index (χ0) is 18.1. The van der Waals surface area contributed by atoms with E-state index in [9.17, 15) is 14.7 Å². The number of fused-ring (bicyclic) bond motifs is 1. The quantitative estimate of drug-likeness (QED) is 0.854. The van der Waals surface area contributed by atoms with E-state index in [0.717, 1.165) is 5.56 Å². The monoisotopic (exact) mass is 339 g/mol. The molecule has 0 bridgehead atoms. The predicted molar refractivity (Wildman–Crippen MR) is 94.4 cm³/mol. The van der Waals surface area contributed by atoms with Crippen molar-refractivity contribution in [2.24, 2.45) is 0 Å². The smallest absolute Gasteiger partial charge is 0.303 e. The molecule has 130 valence electrons. The first kappa shape index (κ1) is 17.2. The molecular weight excluding hydrogens is 318 g/mol. The SMILES string of the molecule is CC(=O)O[C@@H]1c2ccccc2N(C(=O)c2ccc(C)cc2)[C@@H](C)[C@@H]1O. The summed E-state index contributed by atoms with van der Waals surface area (Å²) in [5, 5.41) is 10.7. The average Bonchev–Trinajstić information content (AvgIpc) is 2.59. The van der Waals surface area contributed by atoms with Crippen LogP contribution in [0.4, 0.5) is 5.69 Å². The Kier molecular flexibility index (Phi) is 4.59. The first-order valence-corrected chi connectivity index (χ1v) is 8.24. The van der Waals surface area contributed by atoms with E-state index < -0.39 is 24.2 Å². The highest BCUT2D eigenvalue weighted by atomic mass is 16.6. The second kappa shape index (κ2) is 6.69. The van der Waals surface area contributed by atoms with Crippen LogP contribution in [0.3, 0.4) is 0 Å². The zero-order valence-electron chi connectivity index (χ0n) is 14.5. The Morgan fingerprint density at radius 2 is 1.72 bits per heavy atom. The molecule has 0 aromatic heterocycles. The Labute approximate surface area is 146 Å². The molecule has 0 spiro atoms. The van der Waals surface area contributed by atoms with Gasteiger partial charge in [-0.15, -0.1) is 0 Å². The molecule has 2 aromatic carbocycles. The largest absolute Gasteiger partial charge is 0.455 e. The molecule has 3 rings (SSSR count). The lowest BCUT2D eigenvalue weighted by Crippen LogP contribution is -2.52. The van der Waals surface area contributed by atoms with Gasteiger partial charge in [0.05, 0.1) is 11.7 Å². The fraction of sp³-hybridized carbons (Fsp3) is 0.300. The number of carbonyl (C=O) groups excluding carboxylic acids is 2. The van der Waals surface area contributed by atoms with Crippen molar-refractivity contribution in [3.05, 3.63) is 65.2 Å². The third-order valence-corrected chi connectivity index (χ3v) is 4.52. The molecule has 0 saturated carbocycles. The lowest BCUT2D eigenvalue weighted by Gasteiger charge is -2.42. The molecule has 3 atom stereocenters. The van der Waals surface area contributed by atoms with Crippen molar-refractivity contribution in [2.45, 2.75) is 39.0 Å². The van der Waals surface area contributed by atoms with Crippen molar-refractivity contribution < 1.29 is 19.4 Å².